The Morgan fingerprint density at radius 2 is 1.75 bits per heavy atom. The summed E-state index contributed by atoms with van der Waals surface area (Å²) < 4.78 is 0. The highest BCUT2D eigenvalue weighted by Crippen LogP contribution is 2.30. The highest BCUT2D eigenvalue weighted by molar-refractivity contribution is 5.78. The van der Waals surface area contributed by atoms with Gasteiger partial charge in [-0.25, -0.2) is 0 Å². The lowest BCUT2D eigenvalue weighted by Crippen LogP contribution is -2.41. The molecule has 0 saturated carbocycles. The summed E-state index contributed by atoms with van der Waals surface area (Å²) >= 11 is 0. The van der Waals surface area contributed by atoms with Gasteiger partial charge in [-0.3, -0.25) is 4.79 Å². The van der Waals surface area contributed by atoms with Crippen LogP contribution in [0.15, 0.2) is 24.3 Å². The quantitative estimate of drug-likeness (QED) is 0.913. The number of phenolic OH excluding ortho intramolecular Hbond substituents is 1. The van der Waals surface area contributed by atoms with Gasteiger partial charge in [-0.1, -0.05) is 26.0 Å². The molecule has 0 atom stereocenters. The molecule has 3 nitrogen and oxygen atoms in total. The number of aromatic hydroxyl groups is 1. The van der Waals surface area contributed by atoms with Crippen LogP contribution in [0.2, 0.25) is 0 Å². The van der Waals surface area contributed by atoms with E-state index in [0.717, 1.165) is 38.8 Å². The Kier molecular flexibility index (Phi) is 5.05. The Balaban J connectivity index is 1.92. The number of rotatable bonds is 4. The van der Waals surface area contributed by atoms with Gasteiger partial charge in [-0.15, -0.1) is 0 Å². The van der Waals surface area contributed by atoms with Gasteiger partial charge < -0.3 is 10.0 Å². The fourth-order valence-electron chi connectivity index (χ4n) is 3.08. The molecule has 1 aliphatic heterocycles. The largest absolute Gasteiger partial charge is 0.508 e. The molecule has 1 heterocycles. The van der Waals surface area contributed by atoms with Crippen molar-refractivity contribution in [2.24, 2.45) is 5.92 Å². The first kappa shape index (κ1) is 14.9. The molecular formula is C17H25NO2. The van der Waals surface area contributed by atoms with Crippen molar-refractivity contribution >= 4 is 5.91 Å². The fraction of sp³-hybridized carbons (Fsp3) is 0.588. The molecule has 0 unspecified atom stereocenters. The van der Waals surface area contributed by atoms with E-state index in [1.54, 1.807) is 12.1 Å². The number of nitrogens with zero attached hydrogens (tertiary/aromatic N) is 1. The summed E-state index contributed by atoms with van der Waals surface area (Å²) in [6.45, 7) is 5.91. The summed E-state index contributed by atoms with van der Waals surface area (Å²) in [7, 11) is 0. The van der Waals surface area contributed by atoms with Gasteiger partial charge in [0.1, 0.15) is 5.75 Å². The standard InChI is InChI=1S/C17H25NO2/c1-3-13(4-2)17(20)18-11-9-15(10-12-18)14-5-7-16(19)8-6-14/h5-8,13,15,19H,3-4,9-12H2,1-2H3. The third-order valence-corrected chi connectivity index (χ3v) is 4.51. The molecular weight excluding hydrogens is 250 g/mol. The van der Waals surface area contributed by atoms with Gasteiger partial charge in [0.2, 0.25) is 5.91 Å². The zero-order valence-electron chi connectivity index (χ0n) is 12.5. The van der Waals surface area contributed by atoms with E-state index < -0.39 is 0 Å². The van der Waals surface area contributed by atoms with E-state index in [2.05, 4.69) is 13.8 Å². The fourth-order valence-corrected chi connectivity index (χ4v) is 3.08. The van der Waals surface area contributed by atoms with Gasteiger partial charge in [-0.2, -0.15) is 0 Å². The second-order valence-corrected chi connectivity index (χ2v) is 5.70. The molecule has 3 heteroatoms. The molecule has 20 heavy (non-hydrogen) atoms. The Bertz CT molecular complexity index is 429. The molecule has 0 radical (unpaired) electrons. The van der Waals surface area contributed by atoms with Crippen LogP contribution in [0, 0.1) is 5.92 Å². The molecule has 1 aromatic rings. The van der Waals surface area contributed by atoms with Gasteiger partial charge >= 0.3 is 0 Å². The zero-order valence-corrected chi connectivity index (χ0v) is 12.5. The number of amides is 1. The van der Waals surface area contributed by atoms with E-state index >= 15 is 0 Å². The van der Waals surface area contributed by atoms with Crippen LogP contribution in [0.3, 0.4) is 0 Å². The van der Waals surface area contributed by atoms with Crippen molar-refractivity contribution in [1.29, 1.82) is 0 Å². The number of hydrogen-bond acceptors (Lipinski definition) is 2. The first-order valence-electron chi connectivity index (χ1n) is 7.73. The van der Waals surface area contributed by atoms with E-state index in [-0.39, 0.29) is 5.92 Å². The molecule has 1 saturated heterocycles. The van der Waals surface area contributed by atoms with E-state index in [0.29, 0.717) is 17.6 Å². The first-order chi connectivity index (χ1) is 9.65. The first-order valence-corrected chi connectivity index (χ1v) is 7.73. The van der Waals surface area contributed by atoms with Gasteiger partial charge in [0, 0.05) is 19.0 Å². The second-order valence-electron chi connectivity index (χ2n) is 5.70. The van der Waals surface area contributed by atoms with Crippen LogP contribution in [0.1, 0.15) is 51.0 Å². The Morgan fingerprint density at radius 1 is 1.20 bits per heavy atom. The molecule has 1 aromatic carbocycles. The summed E-state index contributed by atoms with van der Waals surface area (Å²) in [6, 6.07) is 7.49. The molecule has 0 spiro atoms. The Morgan fingerprint density at radius 3 is 2.25 bits per heavy atom. The van der Waals surface area contributed by atoms with Crippen molar-refractivity contribution in [2.75, 3.05) is 13.1 Å². The van der Waals surface area contributed by atoms with Gasteiger partial charge in [0.05, 0.1) is 0 Å². The minimum absolute atomic E-state index is 0.195. The maximum atomic E-state index is 12.3. The summed E-state index contributed by atoms with van der Waals surface area (Å²) in [5.74, 6) is 1.36. The molecule has 1 aliphatic rings. The Hall–Kier alpha value is -1.51. The van der Waals surface area contributed by atoms with E-state index in [4.69, 9.17) is 0 Å². The third kappa shape index (κ3) is 3.33. The lowest BCUT2D eigenvalue weighted by molar-refractivity contribution is -0.136. The number of carbonyl (C=O) groups excluding carboxylic acids is 1. The van der Waals surface area contributed by atoms with Crippen molar-refractivity contribution in [2.45, 2.75) is 45.4 Å². The van der Waals surface area contributed by atoms with Crippen LogP contribution >= 0.6 is 0 Å². The van der Waals surface area contributed by atoms with E-state index in [1.807, 2.05) is 17.0 Å². The molecule has 110 valence electrons. The summed E-state index contributed by atoms with van der Waals surface area (Å²) in [5.41, 5.74) is 1.28. The van der Waals surface area contributed by atoms with Crippen LogP contribution in [0.4, 0.5) is 0 Å². The van der Waals surface area contributed by atoms with Crippen molar-refractivity contribution in [3.05, 3.63) is 29.8 Å². The SMILES string of the molecule is CCC(CC)C(=O)N1CCC(c2ccc(O)cc2)CC1. The minimum atomic E-state index is 0.195. The summed E-state index contributed by atoms with van der Waals surface area (Å²) in [4.78, 5) is 14.4. The van der Waals surface area contributed by atoms with Gasteiger partial charge in [0.25, 0.3) is 0 Å². The van der Waals surface area contributed by atoms with E-state index in [9.17, 15) is 9.90 Å². The summed E-state index contributed by atoms with van der Waals surface area (Å²) in [6.07, 6.45) is 3.92. The monoisotopic (exact) mass is 275 g/mol. The number of piperidine rings is 1. The number of hydrogen-bond donors (Lipinski definition) is 1. The van der Waals surface area contributed by atoms with Crippen LogP contribution in [-0.2, 0) is 4.79 Å². The van der Waals surface area contributed by atoms with Crippen LogP contribution in [-0.4, -0.2) is 29.0 Å². The van der Waals surface area contributed by atoms with Gasteiger partial charge in [0.15, 0.2) is 0 Å². The molecule has 2 rings (SSSR count). The lowest BCUT2D eigenvalue weighted by atomic mass is 9.88. The zero-order chi connectivity index (χ0) is 14.5. The number of carbonyl (C=O) groups is 1. The van der Waals surface area contributed by atoms with E-state index in [1.165, 1.54) is 5.56 Å². The average molecular weight is 275 g/mol. The molecule has 1 N–H and O–H groups in total. The number of phenols is 1. The molecule has 0 aliphatic carbocycles. The highest BCUT2D eigenvalue weighted by atomic mass is 16.3. The number of likely N-dealkylation sites (tertiary alicyclic amines) is 1. The van der Waals surface area contributed by atoms with Crippen molar-refractivity contribution in [3.8, 4) is 5.75 Å². The smallest absolute Gasteiger partial charge is 0.225 e. The molecule has 1 fully saturated rings. The predicted octanol–water partition coefficient (Wildman–Crippen LogP) is 3.53. The Labute approximate surface area is 121 Å². The van der Waals surface area contributed by atoms with Crippen LogP contribution < -0.4 is 0 Å². The van der Waals surface area contributed by atoms with Crippen molar-refractivity contribution in [3.63, 3.8) is 0 Å². The third-order valence-electron chi connectivity index (χ3n) is 4.51. The normalized spacial score (nSPS) is 16.6. The maximum absolute atomic E-state index is 12.3. The van der Waals surface area contributed by atoms with Gasteiger partial charge in [-0.05, 0) is 49.3 Å². The van der Waals surface area contributed by atoms with Crippen molar-refractivity contribution in [1.82, 2.24) is 4.90 Å². The molecule has 1 amide bonds. The molecule has 0 bridgehead atoms. The minimum Gasteiger partial charge on any atom is -0.508 e. The summed E-state index contributed by atoms with van der Waals surface area (Å²) in [5, 5.41) is 9.33. The topological polar surface area (TPSA) is 40.5 Å². The van der Waals surface area contributed by atoms with Crippen molar-refractivity contribution < 1.29 is 9.90 Å². The van der Waals surface area contributed by atoms with Crippen LogP contribution in [0.5, 0.6) is 5.75 Å². The van der Waals surface area contributed by atoms with Crippen LogP contribution in [0.25, 0.3) is 0 Å². The molecule has 0 aromatic heterocycles. The predicted molar refractivity (Wildman–Crippen MR) is 80.7 cm³/mol. The maximum Gasteiger partial charge on any atom is 0.225 e. The number of benzene rings is 1. The highest BCUT2D eigenvalue weighted by Gasteiger charge is 2.26. The average Bonchev–Trinajstić information content (AvgIpc) is 2.49. The second kappa shape index (κ2) is 6.78. The lowest BCUT2D eigenvalue weighted by Gasteiger charge is -2.34.